The van der Waals surface area contributed by atoms with E-state index in [4.69, 9.17) is 0 Å². The van der Waals surface area contributed by atoms with Crippen LogP contribution < -0.4 is 5.32 Å². The molecular formula is C5H10FN5. The van der Waals surface area contributed by atoms with Crippen LogP contribution in [0.3, 0.4) is 0 Å². The van der Waals surface area contributed by atoms with Crippen molar-refractivity contribution in [1.29, 1.82) is 0 Å². The van der Waals surface area contributed by atoms with Crippen molar-refractivity contribution in [3.8, 4) is 0 Å². The van der Waals surface area contributed by atoms with Crippen molar-refractivity contribution < 1.29 is 4.39 Å². The number of hydrogen-bond acceptors (Lipinski definition) is 4. The zero-order valence-electron chi connectivity index (χ0n) is 6.29. The van der Waals surface area contributed by atoms with Crippen molar-refractivity contribution in [3.05, 3.63) is 0 Å². The third-order valence-electron chi connectivity index (χ3n) is 1.07. The van der Waals surface area contributed by atoms with Gasteiger partial charge >= 0.3 is 0 Å². The van der Waals surface area contributed by atoms with Gasteiger partial charge < -0.3 is 5.32 Å². The van der Waals surface area contributed by atoms with Crippen LogP contribution in [-0.4, -0.2) is 33.4 Å². The molecule has 0 radical (unpaired) electrons. The molecule has 0 atom stereocenters. The van der Waals surface area contributed by atoms with Gasteiger partial charge in [0, 0.05) is 6.54 Å². The molecule has 62 valence electrons. The minimum absolute atomic E-state index is 0.165. The molecule has 6 heteroatoms. The first-order valence-corrected chi connectivity index (χ1v) is 3.44. The summed E-state index contributed by atoms with van der Waals surface area (Å²) in [5.74, 6) is 0.445. The van der Waals surface area contributed by atoms with Gasteiger partial charge in [0.05, 0.1) is 6.54 Å². The summed E-state index contributed by atoms with van der Waals surface area (Å²) in [5.41, 5.74) is 0. The molecule has 0 aliphatic heterocycles. The molecule has 0 aromatic carbocycles. The highest BCUT2D eigenvalue weighted by Crippen LogP contribution is 1.91. The monoisotopic (exact) mass is 159 g/mol. The van der Waals surface area contributed by atoms with Crippen molar-refractivity contribution >= 4 is 5.95 Å². The number of aromatic nitrogens is 4. The first-order valence-electron chi connectivity index (χ1n) is 3.44. The summed E-state index contributed by atoms with van der Waals surface area (Å²) in [6.07, 6.45) is 0. The molecule has 0 saturated carbocycles. The molecule has 0 fully saturated rings. The van der Waals surface area contributed by atoms with Crippen molar-refractivity contribution in [3.63, 3.8) is 0 Å². The molecule has 1 rings (SSSR count). The van der Waals surface area contributed by atoms with Crippen LogP contribution >= 0.6 is 0 Å². The molecule has 0 saturated heterocycles. The summed E-state index contributed by atoms with van der Waals surface area (Å²) >= 11 is 0. The third-order valence-corrected chi connectivity index (χ3v) is 1.07. The molecule has 11 heavy (non-hydrogen) atoms. The standard InChI is InChI=1S/C5H10FN5/c1-2-7-5-8-10-11(9-5)4-3-6/h2-4H2,1H3,(H,7,9). The number of rotatable bonds is 4. The van der Waals surface area contributed by atoms with E-state index < -0.39 is 6.67 Å². The summed E-state index contributed by atoms with van der Waals surface area (Å²) in [4.78, 5) is 1.22. The zero-order valence-corrected chi connectivity index (χ0v) is 6.29. The Kier molecular flexibility index (Phi) is 2.76. The van der Waals surface area contributed by atoms with Gasteiger partial charge in [-0.2, -0.15) is 4.80 Å². The summed E-state index contributed by atoms with van der Waals surface area (Å²) in [6, 6.07) is 0. The SMILES string of the molecule is CCNc1nnn(CCF)n1. The Morgan fingerprint density at radius 1 is 1.64 bits per heavy atom. The molecule has 1 aromatic heterocycles. The van der Waals surface area contributed by atoms with E-state index >= 15 is 0 Å². The molecule has 5 nitrogen and oxygen atoms in total. The van der Waals surface area contributed by atoms with Crippen LogP contribution in [0, 0.1) is 0 Å². The quantitative estimate of drug-likeness (QED) is 0.675. The Hall–Kier alpha value is -1.20. The number of nitrogens with one attached hydrogen (secondary N) is 1. The number of nitrogens with zero attached hydrogens (tertiary/aromatic N) is 4. The number of alkyl halides is 1. The number of halogens is 1. The maximum atomic E-state index is 11.7. The molecule has 0 amide bonds. The molecule has 0 spiro atoms. The maximum Gasteiger partial charge on any atom is 0.263 e. The molecule has 0 aliphatic rings. The van der Waals surface area contributed by atoms with Gasteiger partial charge in [0.1, 0.15) is 6.67 Å². The number of anilines is 1. The van der Waals surface area contributed by atoms with Crippen molar-refractivity contribution in [2.45, 2.75) is 13.5 Å². The molecule has 0 bridgehead atoms. The van der Waals surface area contributed by atoms with Gasteiger partial charge in [0.25, 0.3) is 5.95 Å². The Bertz CT molecular complexity index is 190. The van der Waals surface area contributed by atoms with Gasteiger partial charge in [-0.3, -0.25) is 0 Å². The van der Waals surface area contributed by atoms with Crippen LogP contribution in [0.25, 0.3) is 0 Å². The van der Waals surface area contributed by atoms with Crippen LogP contribution in [0.4, 0.5) is 10.3 Å². The Morgan fingerprint density at radius 2 is 2.45 bits per heavy atom. The predicted molar refractivity (Wildman–Crippen MR) is 38.0 cm³/mol. The van der Waals surface area contributed by atoms with Gasteiger partial charge in [0.2, 0.25) is 0 Å². The van der Waals surface area contributed by atoms with E-state index in [0.717, 1.165) is 6.54 Å². The molecular weight excluding hydrogens is 149 g/mol. The first kappa shape index (κ1) is 7.90. The lowest BCUT2D eigenvalue weighted by atomic mass is 10.7. The second-order valence-electron chi connectivity index (χ2n) is 1.93. The fraction of sp³-hybridized carbons (Fsp3) is 0.800. The maximum absolute atomic E-state index is 11.7. The van der Waals surface area contributed by atoms with E-state index in [-0.39, 0.29) is 6.54 Å². The molecule has 1 N–H and O–H groups in total. The summed E-state index contributed by atoms with van der Waals surface area (Å²) in [6.45, 7) is 2.36. The summed E-state index contributed by atoms with van der Waals surface area (Å²) < 4.78 is 11.7. The lowest BCUT2D eigenvalue weighted by Gasteiger charge is -1.91. The number of hydrogen-bond donors (Lipinski definition) is 1. The van der Waals surface area contributed by atoms with Crippen LogP contribution in [-0.2, 0) is 6.54 Å². The minimum atomic E-state index is -0.470. The first-order chi connectivity index (χ1) is 5.36. The third kappa shape index (κ3) is 2.14. The average molecular weight is 159 g/mol. The Morgan fingerprint density at radius 3 is 3.09 bits per heavy atom. The average Bonchev–Trinajstić information content (AvgIpc) is 2.38. The second kappa shape index (κ2) is 3.85. The summed E-state index contributed by atoms with van der Waals surface area (Å²) in [5, 5.41) is 13.9. The van der Waals surface area contributed by atoms with E-state index in [1.54, 1.807) is 0 Å². The van der Waals surface area contributed by atoms with E-state index in [1.165, 1.54) is 4.80 Å². The van der Waals surface area contributed by atoms with E-state index in [9.17, 15) is 4.39 Å². The van der Waals surface area contributed by atoms with E-state index in [2.05, 4.69) is 20.7 Å². The Balaban J connectivity index is 2.51. The van der Waals surface area contributed by atoms with Crippen LogP contribution in [0.15, 0.2) is 0 Å². The minimum Gasteiger partial charge on any atom is -0.352 e. The van der Waals surface area contributed by atoms with Crippen molar-refractivity contribution in [2.75, 3.05) is 18.5 Å². The fourth-order valence-electron chi connectivity index (χ4n) is 0.642. The predicted octanol–water partition coefficient (Wildman–Crippen LogP) is 0.0744. The second-order valence-corrected chi connectivity index (χ2v) is 1.93. The summed E-state index contributed by atoms with van der Waals surface area (Å²) in [7, 11) is 0. The van der Waals surface area contributed by atoms with E-state index in [0.29, 0.717) is 5.95 Å². The van der Waals surface area contributed by atoms with Crippen molar-refractivity contribution in [1.82, 2.24) is 20.2 Å². The highest BCUT2D eigenvalue weighted by Gasteiger charge is 1.98. The number of aryl methyl sites for hydroxylation is 1. The molecule has 1 aromatic rings. The zero-order chi connectivity index (χ0) is 8.10. The van der Waals surface area contributed by atoms with E-state index in [1.807, 2.05) is 6.92 Å². The normalized spacial score (nSPS) is 10.0. The molecule has 0 aliphatic carbocycles. The van der Waals surface area contributed by atoms with Gasteiger partial charge in [-0.05, 0) is 12.1 Å². The van der Waals surface area contributed by atoms with Crippen LogP contribution in [0.1, 0.15) is 6.92 Å². The lowest BCUT2D eigenvalue weighted by molar-refractivity contribution is 0.397. The molecule has 1 heterocycles. The Labute approximate surface area is 63.6 Å². The largest absolute Gasteiger partial charge is 0.352 e. The highest BCUT2D eigenvalue weighted by atomic mass is 19.1. The fourth-order valence-corrected chi connectivity index (χ4v) is 0.642. The van der Waals surface area contributed by atoms with Gasteiger partial charge in [-0.1, -0.05) is 5.10 Å². The van der Waals surface area contributed by atoms with Crippen LogP contribution in [0.5, 0.6) is 0 Å². The molecule has 0 unspecified atom stereocenters. The number of tetrazole rings is 1. The van der Waals surface area contributed by atoms with Crippen molar-refractivity contribution in [2.24, 2.45) is 0 Å². The highest BCUT2D eigenvalue weighted by molar-refractivity contribution is 5.17. The van der Waals surface area contributed by atoms with Crippen LogP contribution in [0.2, 0.25) is 0 Å². The lowest BCUT2D eigenvalue weighted by Crippen LogP contribution is -2.04. The van der Waals surface area contributed by atoms with Gasteiger partial charge in [-0.15, -0.1) is 5.10 Å². The van der Waals surface area contributed by atoms with Gasteiger partial charge in [-0.25, -0.2) is 4.39 Å². The van der Waals surface area contributed by atoms with Gasteiger partial charge in [0.15, 0.2) is 0 Å². The topological polar surface area (TPSA) is 55.6 Å². The smallest absolute Gasteiger partial charge is 0.263 e.